The number of anilines is 1. The first-order valence-corrected chi connectivity index (χ1v) is 9.14. The Morgan fingerprint density at radius 1 is 1.39 bits per heavy atom. The second-order valence-corrected chi connectivity index (χ2v) is 7.62. The van der Waals surface area contributed by atoms with Gasteiger partial charge in [-0.25, -0.2) is 13.2 Å². The van der Waals surface area contributed by atoms with Crippen molar-refractivity contribution in [3.63, 3.8) is 0 Å². The molecule has 0 aromatic heterocycles. The van der Waals surface area contributed by atoms with Crippen LogP contribution in [0.3, 0.4) is 0 Å². The van der Waals surface area contributed by atoms with Crippen molar-refractivity contribution in [1.29, 1.82) is 0 Å². The molecule has 1 aliphatic heterocycles. The topological polar surface area (TPSA) is 95.9 Å². The van der Waals surface area contributed by atoms with E-state index < -0.39 is 16.1 Å². The molecule has 1 amide bonds. The highest BCUT2D eigenvalue weighted by atomic mass is 32.2. The van der Waals surface area contributed by atoms with Gasteiger partial charge in [-0.1, -0.05) is 6.07 Å². The number of benzene rings is 1. The van der Waals surface area contributed by atoms with Gasteiger partial charge in [0.05, 0.1) is 18.5 Å². The third kappa shape index (κ3) is 5.11. The maximum absolute atomic E-state index is 12.0. The van der Waals surface area contributed by atoms with Crippen LogP contribution in [0.5, 0.6) is 0 Å². The van der Waals surface area contributed by atoms with Crippen LogP contribution < -0.4 is 4.72 Å². The van der Waals surface area contributed by atoms with Gasteiger partial charge in [0, 0.05) is 18.8 Å². The summed E-state index contributed by atoms with van der Waals surface area (Å²) in [5.41, 5.74) is 2.38. The molecule has 0 spiro atoms. The molecule has 0 aliphatic carbocycles. The lowest BCUT2D eigenvalue weighted by Crippen LogP contribution is -2.34. The molecular weight excluding hydrogens is 320 g/mol. The Kier molecular flexibility index (Phi) is 5.48. The zero-order chi connectivity index (χ0) is 17.0. The minimum atomic E-state index is -3.46. The molecule has 0 radical (unpaired) electrons. The monoisotopic (exact) mass is 342 g/mol. The maximum atomic E-state index is 12.0. The predicted molar refractivity (Wildman–Crippen MR) is 87.1 cm³/mol. The van der Waals surface area contributed by atoms with Gasteiger partial charge in [-0.3, -0.25) is 4.72 Å². The van der Waals surface area contributed by atoms with Gasteiger partial charge in [-0.2, -0.15) is 0 Å². The van der Waals surface area contributed by atoms with Crippen LogP contribution >= 0.6 is 0 Å². The minimum Gasteiger partial charge on any atom is -0.465 e. The average molecular weight is 342 g/mol. The molecule has 0 saturated carbocycles. The molecule has 0 bridgehead atoms. The lowest BCUT2D eigenvalue weighted by Gasteiger charge is -2.26. The quantitative estimate of drug-likeness (QED) is 0.823. The van der Waals surface area contributed by atoms with Crippen molar-refractivity contribution in [2.75, 3.05) is 23.6 Å². The summed E-state index contributed by atoms with van der Waals surface area (Å²) in [7, 11) is -3.46. The molecule has 0 saturated heterocycles. The number of carbonyl (C=O) groups is 1. The van der Waals surface area contributed by atoms with Gasteiger partial charge in [0.2, 0.25) is 10.0 Å². The van der Waals surface area contributed by atoms with Crippen molar-refractivity contribution in [2.45, 2.75) is 32.9 Å². The van der Waals surface area contributed by atoms with E-state index in [9.17, 15) is 13.2 Å². The van der Waals surface area contributed by atoms with E-state index in [4.69, 9.17) is 9.84 Å². The Morgan fingerprint density at radius 2 is 2.13 bits per heavy atom. The second-order valence-electron chi connectivity index (χ2n) is 5.78. The van der Waals surface area contributed by atoms with E-state index in [1.807, 2.05) is 13.8 Å². The molecule has 1 aliphatic rings. The summed E-state index contributed by atoms with van der Waals surface area (Å²) in [6, 6.07) is 5.20. The Bertz CT molecular complexity index is 672. The highest BCUT2D eigenvalue weighted by Crippen LogP contribution is 2.23. The summed E-state index contributed by atoms with van der Waals surface area (Å²) in [6.45, 7) is 4.60. The van der Waals surface area contributed by atoms with Crippen LogP contribution in [0.2, 0.25) is 0 Å². The van der Waals surface area contributed by atoms with Crippen LogP contribution in [0.15, 0.2) is 18.2 Å². The molecule has 0 atom stereocenters. The van der Waals surface area contributed by atoms with Crippen molar-refractivity contribution in [2.24, 2.45) is 0 Å². The van der Waals surface area contributed by atoms with E-state index >= 15 is 0 Å². The van der Waals surface area contributed by atoms with Crippen LogP contribution in [0.25, 0.3) is 0 Å². The Balaban J connectivity index is 2.01. The fourth-order valence-corrected chi connectivity index (χ4v) is 3.31. The molecule has 2 N–H and O–H groups in total. The summed E-state index contributed by atoms with van der Waals surface area (Å²) in [6.07, 6.45) is -0.370. The third-order valence-electron chi connectivity index (χ3n) is 3.57. The largest absolute Gasteiger partial charge is 0.465 e. The summed E-state index contributed by atoms with van der Waals surface area (Å²) in [4.78, 5) is 12.3. The molecule has 1 heterocycles. The van der Waals surface area contributed by atoms with Crippen LogP contribution in [0.4, 0.5) is 10.5 Å². The molecule has 7 nitrogen and oxygen atoms in total. The molecule has 128 valence electrons. The fraction of sp³-hybridized carbons (Fsp3) is 0.533. The van der Waals surface area contributed by atoms with Gasteiger partial charge in [0.1, 0.15) is 0 Å². The fourth-order valence-electron chi connectivity index (χ4n) is 2.40. The SMILES string of the molecule is CC(C)OCCS(=O)(=O)Nc1ccc2c(c1)CCN(C(=O)O)C2. The van der Waals surface area contributed by atoms with Gasteiger partial charge in [0.25, 0.3) is 0 Å². The van der Waals surface area contributed by atoms with Gasteiger partial charge >= 0.3 is 6.09 Å². The number of hydrogen-bond acceptors (Lipinski definition) is 4. The van der Waals surface area contributed by atoms with E-state index in [1.54, 1.807) is 18.2 Å². The lowest BCUT2D eigenvalue weighted by molar-refractivity contribution is 0.0913. The summed E-state index contributed by atoms with van der Waals surface area (Å²) in [5, 5.41) is 9.02. The van der Waals surface area contributed by atoms with Gasteiger partial charge in [0.15, 0.2) is 0 Å². The Hall–Kier alpha value is -1.80. The molecule has 23 heavy (non-hydrogen) atoms. The number of hydrogen-bond donors (Lipinski definition) is 2. The van der Waals surface area contributed by atoms with E-state index in [1.165, 1.54) is 4.90 Å². The zero-order valence-corrected chi connectivity index (χ0v) is 14.1. The summed E-state index contributed by atoms with van der Waals surface area (Å²) >= 11 is 0. The number of nitrogens with one attached hydrogen (secondary N) is 1. The predicted octanol–water partition coefficient (Wildman–Crippen LogP) is 1.89. The first kappa shape index (κ1) is 17.6. The Labute approximate surface area is 136 Å². The van der Waals surface area contributed by atoms with Crippen LogP contribution in [0.1, 0.15) is 25.0 Å². The second kappa shape index (κ2) is 7.18. The standard InChI is InChI=1S/C15H22N2O5S/c1-11(2)22-7-8-23(20,21)16-14-4-3-13-10-17(15(18)19)6-5-12(13)9-14/h3-4,9,11,16H,5-8,10H2,1-2H3,(H,18,19). The normalized spacial score (nSPS) is 14.7. The van der Waals surface area contributed by atoms with Crippen molar-refractivity contribution in [1.82, 2.24) is 4.90 Å². The zero-order valence-electron chi connectivity index (χ0n) is 13.3. The average Bonchev–Trinajstić information content (AvgIpc) is 2.45. The smallest absolute Gasteiger partial charge is 0.407 e. The molecule has 0 fully saturated rings. The van der Waals surface area contributed by atoms with Crippen molar-refractivity contribution in [3.8, 4) is 0 Å². The van der Waals surface area contributed by atoms with Crippen molar-refractivity contribution in [3.05, 3.63) is 29.3 Å². The first-order chi connectivity index (χ1) is 10.8. The van der Waals surface area contributed by atoms with Crippen molar-refractivity contribution < 1.29 is 23.1 Å². The maximum Gasteiger partial charge on any atom is 0.407 e. The van der Waals surface area contributed by atoms with Gasteiger partial charge in [-0.05, 0) is 43.5 Å². The van der Waals surface area contributed by atoms with E-state index in [0.717, 1.165) is 11.1 Å². The number of fused-ring (bicyclic) bond motifs is 1. The Morgan fingerprint density at radius 3 is 2.78 bits per heavy atom. The number of carboxylic acid groups (broad SMARTS) is 1. The van der Waals surface area contributed by atoms with Gasteiger partial charge < -0.3 is 14.7 Å². The molecule has 2 rings (SSSR count). The van der Waals surface area contributed by atoms with Gasteiger partial charge in [-0.15, -0.1) is 0 Å². The summed E-state index contributed by atoms with van der Waals surface area (Å²) < 4.78 is 31.8. The highest BCUT2D eigenvalue weighted by Gasteiger charge is 2.20. The van der Waals surface area contributed by atoms with E-state index in [2.05, 4.69) is 4.72 Å². The van der Waals surface area contributed by atoms with Crippen LogP contribution in [-0.2, 0) is 27.7 Å². The number of rotatable bonds is 6. The third-order valence-corrected chi connectivity index (χ3v) is 4.82. The van der Waals surface area contributed by atoms with Crippen LogP contribution in [0, 0.1) is 0 Å². The van der Waals surface area contributed by atoms with E-state index in [-0.39, 0.29) is 18.5 Å². The molecule has 8 heteroatoms. The lowest BCUT2D eigenvalue weighted by atomic mass is 9.99. The molecule has 1 aromatic rings. The number of sulfonamides is 1. The highest BCUT2D eigenvalue weighted by molar-refractivity contribution is 7.92. The van der Waals surface area contributed by atoms with E-state index in [0.29, 0.717) is 25.2 Å². The number of ether oxygens (including phenoxy) is 1. The molecule has 0 unspecified atom stereocenters. The molecular formula is C15H22N2O5S. The first-order valence-electron chi connectivity index (χ1n) is 7.48. The van der Waals surface area contributed by atoms with Crippen LogP contribution in [-0.4, -0.2) is 49.5 Å². The number of amides is 1. The minimum absolute atomic E-state index is 0.00822. The summed E-state index contributed by atoms with van der Waals surface area (Å²) in [5.74, 6) is -0.102. The number of nitrogens with zero attached hydrogens (tertiary/aromatic N) is 1. The molecule has 1 aromatic carbocycles. The van der Waals surface area contributed by atoms with Crippen molar-refractivity contribution >= 4 is 21.8 Å².